The molecule has 1 fully saturated rings. The zero-order chi connectivity index (χ0) is 17.4. The topological polar surface area (TPSA) is 62.0 Å². The number of carbonyl (C=O) groups excluding carboxylic acids is 1. The van der Waals surface area contributed by atoms with Crippen molar-refractivity contribution in [2.45, 2.75) is 12.5 Å². The first-order chi connectivity index (χ1) is 11.6. The number of piperazine rings is 1. The molecular weight excluding hydrogens is 304 g/mol. The van der Waals surface area contributed by atoms with Crippen molar-refractivity contribution >= 4 is 11.6 Å². The molecule has 6 heteroatoms. The highest BCUT2D eigenvalue weighted by Crippen LogP contribution is 2.15. The molecule has 1 amide bonds. The summed E-state index contributed by atoms with van der Waals surface area (Å²) in [5, 5.41) is 0. The quantitative estimate of drug-likeness (QED) is 0.756. The van der Waals surface area contributed by atoms with Crippen molar-refractivity contribution in [3.05, 3.63) is 30.3 Å². The smallest absolute Gasteiger partial charge is 0.225 e. The van der Waals surface area contributed by atoms with Crippen molar-refractivity contribution in [3.63, 3.8) is 0 Å². The Morgan fingerprint density at radius 1 is 1.25 bits per heavy atom. The molecule has 1 heterocycles. The minimum Gasteiger partial charge on any atom is -0.380 e. The molecule has 0 aromatic heterocycles. The van der Waals surface area contributed by atoms with Gasteiger partial charge in [0.1, 0.15) is 0 Å². The largest absolute Gasteiger partial charge is 0.380 e. The summed E-state index contributed by atoms with van der Waals surface area (Å²) < 4.78 is 5.18. The highest BCUT2D eigenvalue weighted by atomic mass is 16.5. The Labute approximate surface area is 145 Å². The molecule has 0 bridgehead atoms. The molecule has 1 atom stereocenters. The molecule has 2 N–H and O–H groups in total. The number of nitrogens with zero attached hydrogens (tertiary/aromatic N) is 3. The maximum atomic E-state index is 12.1. The van der Waals surface area contributed by atoms with Gasteiger partial charge in [0, 0.05) is 65.7 Å². The third-order valence-corrected chi connectivity index (χ3v) is 4.67. The van der Waals surface area contributed by atoms with Gasteiger partial charge in [0.25, 0.3) is 0 Å². The number of anilines is 1. The monoisotopic (exact) mass is 334 g/mol. The van der Waals surface area contributed by atoms with Crippen LogP contribution in [0, 0.1) is 0 Å². The van der Waals surface area contributed by atoms with E-state index < -0.39 is 0 Å². The number of nitrogens with two attached hydrogens (primary N) is 1. The van der Waals surface area contributed by atoms with Gasteiger partial charge in [-0.25, -0.2) is 0 Å². The van der Waals surface area contributed by atoms with Crippen molar-refractivity contribution in [1.82, 2.24) is 9.80 Å². The maximum absolute atomic E-state index is 12.1. The Kier molecular flexibility index (Phi) is 7.49. The summed E-state index contributed by atoms with van der Waals surface area (Å²) in [4.78, 5) is 18.8. The van der Waals surface area contributed by atoms with E-state index in [0.29, 0.717) is 13.0 Å². The van der Waals surface area contributed by atoms with Gasteiger partial charge in [-0.05, 0) is 12.1 Å². The lowest BCUT2D eigenvalue weighted by Crippen LogP contribution is -2.48. The summed E-state index contributed by atoms with van der Waals surface area (Å²) in [7, 11) is 3.45. The first-order valence-corrected chi connectivity index (χ1v) is 8.63. The SMILES string of the molecule is COC(CN)CC(=O)N(C)CCN1CCN(c2ccccc2)CC1. The zero-order valence-electron chi connectivity index (χ0n) is 14.9. The summed E-state index contributed by atoms with van der Waals surface area (Å²) in [5.74, 6) is 0.0928. The highest BCUT2D eigenvalue weighted by Gasteiger charge is 2.19. The predicted octanol–water partition coefficient (Wildman–Crippen LogP) is 0.631. The number of carbonyl (C=O) groups is 1. The number of benzene rings is 1. The number of amides is 1. The summed E-state index contributed by atoms with van der Waals surface area (Å²) >= 11 is 0. The third-order valence-electron chi connectivity index (χ3n) is 4.67. The van der Waals surface area contributed by atoms with Crippen molar-refractivity contribution < 1.29 is 9.53 Å². The van der Waals surface area contributed by atoms with Gasteiger partial charge in [-0.1, -0.05) is 18.2 Å². The number of rotatable bonds is 8. The van der Waals surface area contributed by atoms with E-state index >= 15 is 0 Å². The van der Waals surface area contributed by atoms with Gasteiger partial charge in [0.2, 0.25) is 5.91 Å². The van der Waals surface area contributed by atoms with Gasteiger partial charge in [-0.2, -0.15) is 0 Å². The van der Waals surface area contributed by atoms with Gasteiger partial charge in [-0.3, -0.25) is 9.69 Å². The third kappa shape index (κ3) is 5.47. The summed E-state index contributed by atoms with van der Waals surface area (Å²) in [6.07, 6.45) is 0.167. The molecule has 6 nitrogen and oxygen atoms in total. The number of likely N-dealkylation sites (N-methyl/N-ethyl adjacent to an activating group) is 1. The Balaban J connectivity index is 1.69. The molecule has 1 aliphatic rings. The van der Waals surface area contributed by atoms with Crippen LogP contribution in [0.5, 0.6) is 0 Å². The normalized spacial score (nSPS) is 16.9. The van der Waals surface area contributed by atoms with Crippen molar-refractivity contribution in [2.24, 2.45) is 5.73 Å². The van der Waals surface area contributed by atoms with Gasteiger partial charge in [0.15, 0.2) is 0 Å². The fourth-order valence-corrected chi connectivity index (χ4v) is 2.90. The van der Waals surface area contributed by atoms with Crippen LogP contribution in [0.4, 0.5) is 5.69 Å². The highest BCUT2D eigenvalue weighted by molar-refractivity contribution is 5.76. The van der Waals surface area contributed by atoms with E-state index in [4.69, 9.17) is 10.5 Å². The van der Waals surface area contributed by atoms with Crippen LogP contribution < -0.4 is 10.6 Å². The van der Waals surface area contributed by atoms with Crippen LogP contribution >= 0.6 is 0 Å². The minimum absolute atomic E-state index is 0.0928. The fraction of sp³-hybridized carbons (Fsp3) is 0.611. The molecule has 1 aromatic carbocycles. The van der Waals surface area contributed by atoms with Crippen LogP contribution in [0.15, 0.2) is 30.3 Å². The minimum atomic E-state index is -0.186. The molecule has 1 aromatic rings. The van der Waals surface area contributed by atoms with Crippen molar-refractivity contribution in [3.8, 4) is 0 Å². The molecule has 1 aliphatic heterocycles. The molecule has 0 saturated carbocycles. The van der Waals surface area contributed by atoms with Crippen molar-refractivity contribution in [2.75, 3.05) is 64.9 Å². The molecule has 1 saturated heterocycles. The van der Waals surface area contributed by atoms with Crippen LogP contribution in [0.2, 0.25) is 0 Å². The number of para-hydroxylation sites is 1. The second-order valence-corrected chi connectivity index (χ2v) is 6.28. The Bertz CT molecular complexity index is 485. The summed E-state index contributed by atoms with van der Waals surface area (Å²) in [6.45, 7) is 6.13. The van der Waals surface area contributed by atoms with E-state index in [1.54, 1.807) is 12.0 Å². The second kappa shape index (κ2) is 9.61. The van der Waals surface area contributed by atoms with Crippen LogP contribution in [-0.4, -0.2) is 81.8 Å². The molecule has 0 spiro atoms. The van der Waals surface area contributed by atoms with E-state index in [9.17, 15) is 4.79 Å². The summed E-state index contributed by atoms with van der Waals surface area (Å²) in [5.41, 5.74) is 6.86. The molecule has 24 heavy (non-hydrogen) atoms. The van der Waals surface area contributed by atoms with E-state index in [-0.39, 0.29) is 12.0 Å². The lowest BCUT2D eigenvalue weighted by molar-refractivity contribution is -0.132. The fourth-order valence-electron chi connectivity index (χ4n) is 2.90. The average molecular weight is 334 g/mol. The standard InChI is InChI=1S/C18H30N4O2/c1-20(18(23)14-17(15-19)24-2)8-9-21-10-12-22(13-11-21)16-6-4-3-5-7-16/h3-7,17H,8-15,19H2,1-2H3. The van der Waals surface area contributed by atoms with E-state index in [0.717, 1.165) is 39.3 Å². The molecular formula is C18H30N4O2. The van der Waals surface area contributed by atoms with E-state index in [1.165, 1.54) is 5.69 Å². The molecule has 0 aliphatic carbocycles. The summed E-state index contributed by atoms with van der Waals surface area (Å²) in [6, 6.07) is 10.5. The van der Waals surface area contributed by atoms with Gasteiger partial charge in [0.05, 0.1) is 12.5 Å². The average Bonchev–Trinajstić information content (AvgIpc) is 2.65. The van der Waals surface area contributed by atoms with E-state index in [2.05, 4.69) is 34.1 Å². The maximum Gasteiger partial charge on any atom is 0.225 e. The molecule has 134 valence electrons. The Hall–Kier alpha value is -1.63. The van der Waals surface area contributed by atoms with Crippen molar-refractivity contribution in [1.29, 1.82) is 0 Å². The molecule has 2 rings (SSSR count). The Morgan fingerprint density at radius 2 is 1.92 bits per heavy atom. The first-order valence-electron chi connectivity index (χ1n) is 8.63. The number of methoxy groups -OCH3 is 1. The zero-order valence-corrected chi connectivity index (χ0v) is 14.9. The number of hydrogen-bond acceptors (Lipinski definition) is 5. The lowest BCUT2D eigenvalue weighted by Gasteiger charge is -2.36. The van der Waals surface area contributed by atoms with Gasteiger partial charge in [-0.15, -0.1) is 0 Å². The number of ether oxygens (including phenoxy) is 1. The lowest BCUT2D eigenvalue weighted by atomic mass is 10.2. The van der Waals surface area contributed by atoms with Crippen LogP contribution in [0.1, 0.15) is 6.42 Å². The Morgan fingerprint density at radius 3 is 2.50 bits per heavy atom. The van der Waals surface area contributed by atoms with E-state index in [1.807, 2.05) is 13.1 Å². The van der Waals surface area contributed by atoms with Gasteiger partial charge >= 0.3 is 0 Å². The molecule has 1 unspecified atom stereocenters. The first kappa shape index (κ1) is 18.7. The number of hydrogen-bond donors (Lipinski definition) is 1. The van der Waals surface area contributed by atoms with Crippen LogP contribution in [0.3, 0.4) is 0 Å². The van der Waals surface area contributed by atoms with Crippen LogP contribution in [0.25, 0.3) is 0 Å². The second-order valence-electron chi connectivity index (χ2n) is 6.28. The molecule has 0 radical (unpaired) electrons. The van der Waals surface area contributed by atoms with Crippen LogP contribution in [-0.2, 0) is 9.53 Å². The predicted molar refractivity (Wildman–Crippen MR) is 97.2 cm³/mol. The van der Waals surface area contributed by atoms with Gasteiger partial charge < -0.3 is 20.3 Å².